The van der Waals surface area contributed by atoms with E-state index in [-0.39, 0.29) is 42.3 Å². The number of hydrogen-bond acceptors (Lipinski definition) is 7. The number of allylic oxidation sites excluding steroid dienone is 1. The molecule has 1 aromatic carbocycles. The zero-order valence-electron chi connectivity index (χ0n) is 29.0. The summed E-state index contributed by atoms with van der Waals surface area (Å²) in [5.41, 5.74) is 0.996. The van der Waals surface area contributed by atoms with E-state index in [0.29, 0.717) is 34.3 Å². The number of methoxy groups -OCH3 is 1. The molecular formula is C40H44N4O7. The second kappa shape index (κ2) is 11.7. The van der Waals surface area contributed by atoms with Gasteiger partial charge >= 0.3 is 5.97 Å². The Labute approximate surface area is 295 Å². The number of rotatable bonds is 11. The third kappa shape index (κ3) is 4.72. The molecule has 3 aromatic rings. The van der Waals surface area contributed by atoms with Gasteiger partial charge in [-0.15, -0.1) is 0 Å². The molecule has 6 fully saturated rings. The molecule has 1 spiro atoms. The largest absolute Gasteiger partial charge is 0.466 e. The van der Waals surface area contributed by atoms with Gasteiger partial charge in [0.25, 0.3) is 11.5 Å². The van der Waals surface area contributed by atoms with Gasteiger partial charge < -0.3 is 29.7 Å². The molecule has 3 amide bonds. The number of anilines is 1. The first kappa shape index (κ1) is 32.3. The summed E-state index contributed by atoms with van der Waals surface area (Å²) in [5, 5.41) is 9.83. The minimum absolute atomic E-state index is 0.00559. The number of fused-ring (bicyclic) bond motifs is 4. The van der Waals surface area contributed by atoms with Crippen molar-refractivity contribution in [2.75, 3.05) is 12.4 Å². The van der Waals surface area contributed by atoms with E-state index in [0.717, 1.165) is 35.5 Å². The fourth-order valence-electron chi connectivity index (χ4n) is 12.6. The van der Waals surface area contributed by atoms with Crippen LogP contribution in [0.4, 0.5) is 5.69 Å². The lowest BCUT2D eigenvalue weighted by Gasteiger charge is -2.59. The number of carbonyl (C=O) groups is 4. The van der Waals surface area contributed by atoms with Crippen LogP contribution in [0.1, 0.15) is 67.5 Å². The Morgan fingerprint density at radius 2 is 1.86 bits per heavy atom. The molecule has 2 heterocycles. The molecule has 266 valence electrons. The number of nitrogens with one attached hydrogen (secondary N) is 3. The van der Waals surface area contributed by atoms with Crippen LogP contribution in [0.25, 0.3) is 11.0 Å². The lowest BCUT2D eigenvalue weighted by molar-refractivity contribution is -0.135. The highest BCUT2D eigenvalue weighted by Gasteiger charge is 2.85. The molecule has 6 unspecified atom stereocenters. The van der Waals surface area contributed by atoms with E-state index >= 15 is 0 Å². The Hall–Kier alpha value is -4.67. The maximum Gasteiger partial charge on any atom is 0.330 e. The van der Waals surface area contributed by atoms with Crippen molar-refractivity contribution >= 4 is 40.3 Å². The summed E-state index contributed by atoms with van der Waals surface area (Å²) in [6.45, 7) is 1.64. The van der Waals surface area contributed by atoms with Gasteiger partial charge in [0.15, 0.2) is 5.76 Å². The number of hydrogen-bond donors (Lipinski definition) is 3. The average molecular weight is 693 g/mol. The second-order valence-corrected chi connectivity index (χ2v) is 16.2. The summed E-state index contributed by atoms with van der Waals surface area (Å²) < 4.78 is 11.8. The molecule has 51 heavy (non-hydrogen) atoms. The van der Waals surface area contributed by atoms with Crippen LogP contribution in [-0.2, 0) is 25.7 Å². The van der Waals surface area contributed by atoms with Crippen LogP contribution in [0.2, 0.25) is 0 Å². The minimum Gasteiger partial charge on any atom is -0.466 e. The Balaban J connectivity index is 0.909. The third-order valence-electron chi connectivity index (χ3n) is 14.0. The molecule has 11 heteroatoms. The smallest absolute Gasteiger partial charge is 0.330 e. The van der Waals surface area contributed by atoms with Crippen molar-refractivity contribution in [1.29, 1.82) is 0 Å². The van der Waals surface area contributed by atoms with Crippen LogP contribution in [0.3, 0.4) is 0 Å². The van der Waals surface area contributed by atoms with Gasteiger partial charge in [-0.1, -0.05) is 24.3 Å². The Morgan fingerprint density at radius 1 is 1.04 bits per heavy atom. The van der Waals surface area contributed by atoms with Crippen LogP contribution in [0.15, 0.2) is 64.0 Å². The third-order valence-corrected chi connectivity index (χ3v) is 14.0. The number of para-hydroxylation sites is 1. The molecule has 6 saturated carbocycles. The molecule has 6 aliphatic rings. The van der Waals surface area contributed by atoms with Gasteiger partial charge in [0, 0.05) is 28.8 Å². The van der Waals surface area contributed by atoms with Gasteiger partial charge in [-0.3, -0.25) is 19.2 Å². The van der Waals surface area contributed by atoms with Crippen molar-refractivity contribution in [3.8, 4) is 0 Å². The van der Waals surface area contributed by atoms with Gasteiger partial charge in [0.1, 0.15) is 23.9 Å². The topological polar surface area (TPSA) is 149 Å². The molecule has 10 atom stereocenters. The SMILES string of the molecule is COC(=O)/C=C/CC[C@H](NC(=O)c1oc2ccccc2c1C)C(=O)Nc1cccn(CC(=O)NC23CC4CC5[C@@H]6C[C@H]7CC2C6C5(C4)[C@H]3C7)c1=O. The van der Waals surface area contributed by atoms with Gasteiger partial charge in [0.05, 0.1) is 7.11 Å². The maximum absolute atomic E-state index is 13.8. The summed E-state index contributed by atoms with van der Waals surface area (Å²) >= 11 is 0. The lowest BCUT2D eigenvalue weighted by Crippen LogP contribution is -2.62. The van der Waals surface area contributed by atoms with Crippen LogP contribution in [0.5, 0.6) is 0 Å². The van der Waals surface area contributed by atoms with Crippen molar-refractivity contribution < 1.29 is 28.3 Å². The molecule has 3 N–H and O–H groups in total. The number of benzene rings is 1. The molecule has 11 nitrogen and oxygen atoms in total. The number of esters is 1. The standard InChI is InChI=1S/C40H44N4O7/c1-21-24-8-3-5-11-30(24)51-35(21)37(48)41-28(9-4-6-12-33(46)50-2)36(47)42-29-10-7-13-44(38(29)49)20-32(45)43-40-19-23-16-26-25-14-22-15-27(40)34(25)39(26,18-23)31(40)17-22/h3,5-8,10-13,22-23,25-28,31,34H,4,9,14-20H2,1-2H3,(H,41,48)(H,42,47)(H,43,45)/b12-6+/t22-,23?,25-,26?,27?,28-,31+,34?,39?,40?/m0/s1. The van der Waals surface area contributed by atoms with E-state index in [1.54, 1.807) is 31.3 Å². The first-order chi connectivity index (χ1) is 24.6. The Kier molecular flexibility index (Phi) is 7.39. The highest BCUT2D eigenvalue weighted by Crippen LogP contribution is 2.87. The predicted octanol–water partition coefficient (Wildman–Crippen LogP) is 4.73. The molecule has 0 saturated heterocycles. The van der Waals surface area contributed by atoms with Gasteiger partial charge in [-0.05, 0) is 123 Å². The van der Waals surface area contributed by atoms with E-state index < -0.39 is 29.4 Å². The highest BCUT2D eigenvalue weighted by molar-refractivity contribution is 6.03. The fraction of sp³-hybridized carbons (Fsp3) is 0.525. The number of pyridine rings is 1. The zero-order chi connectivity index (χ0) is 35.2. The number of furan rings is 1. The maximum atomic E-state index is 13.8. The highest BCUT2D eigenvalue weighted by atomic mass is 16.5. The normalized spacial score (nSPS) is 33.6. The quantitative estimate of drug-likeness (QED) is 0.195. The molecule has 6 aliphatic carbocycles. The van der Waals surface area contributed by atoms with Crippen LogP contribution >= 0.6 is 0 Å². The molecule has 6 bridgehead atoms. The summed E-state index contributed by atoms with van der Waals surface area (Å²) in [6, 6.07) is 9.34. The van der Waals surface area contributed by atoms with Crippen molar-refractivity contribution in [2.24, 2.45) is 46.8 Å². The summed E-state index contributed by atoms with van der Waals surface area (Å²) in [4.78, 5) is 66.2. The second-order valence-electron chi connectivity index (χ2n) is 16.2. The fourth-order valence-corrected chi connectivity index (χ4v) is 12.6. The van der Waals surface area contributed by atoms with E-state index in [1.807, 2.05) is 18.2 Å². The van der Waals surface area contributed by atoms with Crippen LogP contribution in [-0.4, -0.2) is 46.9 Å². The van der Waals surface area contributed by atoms with Crippen LogP contribution < -0.4 is 21.5 Å². The van der Waals surface area contributed by atoms with E-state index in [4.69, 9.17) is 4.42 Å². The summed E-state index contributed by atoms with van der Waals surface area (Å²) in [5.74, 6) is 3.31. The first-order valence-electron chi connectivity index (χ1n) is 18.5. The Morgan fingerprint density at radius 3 is 2.69 bits per heavy atom. The van der Waals surface area contributed by atoms with Gasteiger partial charge in [-0.25, -0.2) is 4.79 Å². The monoisotopic (exact) mass is 692 g/mol. The number of ether oxygens (including phenoxy) is 1. The van der Waals surface area contributed by atoms with E-state index in [2.05, 4.69) is 20.7 Å². The van der Waals surface area contributed by atoms with E-state index in [9.17, 15) is 24.0 Å². The molecular weight excluding hydrogens is 648 g/mol. The van der Waals surface area contributed by atoms with Gasteiger partial charge in [0.2, 0.25) is 11.8 Å². The number of aryl methyl sites for hydroxylation is 1. The Bertz CT molecular complexity index is 2070. The predicted molar refractivity (Wildman–Crippen MR) is 187 cm³/mol. The summed E-state index contributed by atoms with van der Waals surface area (Å²) in [6.07, 6.45) is 12.4. The van der Waals surface area contributed by atoms with Crippen molar-refractivity contribution in [1.82, 2.24) is 15.2 Å². The molecule has 0 radical (unpaired) electrons. The van der Waals surface area contributed by atoms with Crippen molar-refractivity contribution in [3.63, 3.8) is 0 Å². The zero-order valence-corrected chi connectivity index (χ0v) is 29.0. The number of amides is 3. The number of aromatic nitrogens is 1. The summed E-state index contributed by atoms with van der Waals surface area (Å²) in [7, 11) is 1.27. The minimum atomic E-state index is -1.07. The first-order valence-corrected chi connectivity index (χ1v) is 18.5. The van der Waals surface area contributed by atoms with Gasteiger partial charge in [-0.2, -0.15) is 0 Å². The molecule has 0 aliphatic heterocycles. The average Bonchev–Trinajstić information content (AvgIpc) is 3.48. The molecule has 2 aromatic heterocycles. The van der Waals surface area contributed by atoms with E-state index in [1.165, 1.54) is 55.9 Å². The number of carbonyl (C=O) groups excluding carboxylic acids is 4. The van der Waals surface area contributed by atoms with Crippen molar-refractivity contribution in [3.05, 3.63) is 76.4 Å². The van der Waals surface area contributed by atoms with Crippen molar-refractivity contribution in [2.45, 2.75) is 76.4 Å². The molecule has 9 rings (SSSR count). The van der Waals surface area contributed by atoms with Crippen LogP contribution in [0, 0.1) is 53.8 Å². The lowest BCUT2D eigenvalue weighted by atomic mass is 9.45. The number of nitrogens with zero attached hydrogens (tertiary/aromatic N) is 1.